The maximum Gasteiger partial charge on any atom is 0.303 e. The normalized spacial score (nSPS) is 11.9. The number of carbonyl (C=O) groups is 1. The number of rotatable bonds is 8. The van der Waals surface area contributed by atoms with Crippen molar-refractivity contribution in [3.05, 3.63) is 45.8 Å². The first kappa shape index (κ1) is 16.1. The van der Waals surface area contributed by atoms with Crippen molar-refractivity contribution in [2.24, 2.45) is 11.0 Å². The van der Waals surface area contributed by atoms with Crippen LogP contribution in [0.2, 0.25) is 0 Å². The van der Waals surface area contributed by atoms with Crippen LogP contribution in [0.1, 0.15) is 50.3 Å². The molecule has 0 bridgehead atoms. The third-order valence-corrected chi connectivity index (χ3v) is 3.07. The van der Waals surface area contributed by atoms with E-state index in [0.717, 1.165) is 12.0 Å². The summed E-state index contributed by atoms with van der Waals surface area (Å²) in [6.45, 7) is 4.34. The summed E-state index contributed by atoms with van der Waals surface area (Å²) >= 11 is 0. The van der Waals surface area contributed by atoms with Crippen molar-refractivity contribution < 1.29 is 9.90 Å². The van der Waals surface area contributed by atoms with Gasteiger partial charge in [0.05, 0.1) is 6.04 Å². The fourth-order valence-corrected chi connectivity index (χ4v) is 2.15. The molecule has 0 aromatic heterocycles. The first-order valence-electron chi connectivity index (χ1n) is 6.87. The minimum atomic E-state index is -0.822. The molecule has 20 heavy (non-hydrogen) atoms. The van der Waals surface area contributed by atoms with Crippen LogP contribution in [0.3, 0.4) is 0 Å². The Hall–Kier alpha value is -2.00. The number of benzene rings is 1. The number of azide groups is 1. The van der Waals surface area contributed by atoms with E-state index >= 15 is 0 Å². The van der Waals surface area contributed by atoms with E-state index in [4.69, 9.17) is 10.6 Å². The number of aliphatic carboxylic acids is 1. The zero-order valence-electron chi connectivity index (χ0n) is 12.0. The number of carboxylic acids is 1. The van der Waals surface area contributed by atoms with Gasteiger partial charge >= 0.3 is 5.97 Å². The van der Waals surface area contributed by atoms with Gasteiger partial charge in [-0.15, -0.1) is 0 Å². The summed E-state index contributed by atoms with van der Waals surface area (Å²) in [5.41, 5.74) is 10.8. The molecule has 108 valence electrons. The smallest absolute Gasteiger partial charge is 0.303 e. The summed E-state index contributed by atoms with van der Waals surface area (Å²) < 4.78 is 0. The standard InChI is InChI=1S/C15H21N3O2/c1-11(2)10-12-6-8-13(9-7-12)14(17-18-16)4-3-5-15(19)20/h6-9,11,14H,3-5,10H2,1-2H3,(H,19,20). The Morgan fingerprint density at radius 2 is 2.00 bits per heavy atom. The summed E-state index contributed by atoms with van der Waals surface area (Å²) in [5, 5.41) is 12.4. The summed E-state index contributed by atoms with van der Waals surface area (Å²) in [7, 11) is 0. The molecule has 1 aromatic rings. The molecule has 1 unspecified atom stereocenters. The highest BCUT2D eigenvalue weighted by Gasteiger charge is 2.10. The molecule has 0 fully saturated rings. The van der Waals surface area contributed by atoms with Crippen molar-refractivity contribution in [3.63, 3.8) is 0 Å². The fourth-order valence-electron chi connectivity index (χ4n) is 2.15. The van der Waals surface area contributed by atoms with Crippen LogP contribution in [0.4, 0.5) is 0 Å². The molecule has 1 N–H and O–H groups in total. The van der Waals surface area contributed by atoms with Crippen LogP contribution >= 0.6 is 0 Å². The molecule has 5 nitrogen and oxygen atoms in total. The third kappa shape index (κ3) is 5.76. The SMILES string of the molecule is CC(C)Cc1ccc(C(CCCC(=O)O)N=[N+]=[N-])cc1. The lowest BCUT2D eigenvalue weighted by atomic mass is 9.97. The van der Waals surface area contributed by atoms with Gasteiger partial charge in [0.2, 0.25) is 0 Å². The molecule has 0 radical (unpaired) electrons. The van der Waals surface area contributed by atoms with Crippen LogP contribution in [0.15, 0.2) is 29.4 Å². The Labute approximate surface area is 119 Å². The molecule has 0 aliphatic carbocycles. The van der Waals surface area contributed by atoms with Crippen molar-refractivity contribution in [2.45, 2.75) is 45.6 Å². The average Bonchev–Trinajstić information content (AvgIpc) is 2.37. The topological polar surface area (TPSA) is 86.1 Å². The van der Waals surface area contributed by atoms with Crippen molar-refractivity contribution >= 4 is 5.97 Å². The van der Waals surface area contributed by atoms with E-state index in [-0.39, 0.29) is 12.5 Å². The largest absolute Gasteiger partial charge is 0.481 e. The summed E-state index contributed by atoms with van der Waals surface area (Å²) in [5.74, 6) is -0.221. The van der Waals surface area contributed by atoms with Gasteiger partial charge in [-0.3, -0.25) is 4.79 Å². The molecule has 5 heteroatoms. The Kier molecular flexibility index (Phi) is 6.60. The first-order valence-corrected chi connectivity index (χ1v) is 6.87. The van der Waals surface area contributed by atoms with E-state index in [2.05, 4.69) is 23.9 Å². The van der Waals surface area contributed by atoms with Gasteiger partial charge in [-0.2, -0.15) is 0 Å². The van der Waals surface area contributed by atoms with Gasteiger partial charge < -0.3 is 5.11 Å². The van der Waals surface area contributed by atoms with E-state index in [9.17, 15) is 4.79 Å². The van der Waals surface area contributed by atoms with Gasteiger partial charge in [0, 0.05) is 11.3 Å². The number of nitrogens with zero attached hydrogens (tertiary/aromatic N) is 3. The first-order chi connectivity index (χ1) is 9.52. The molecule has 0 spiro atoms. The van der Waals surface area contributed by atoms with Crippen LogP contribution in [0.5, 0.6) is 0 Å². The molecule has 0 aliphatic rings. The molecular formula is C15H21N3O2. The minimum Gasteiger partial charge on any atom is -0.481 e. The highest BCUT2D eigenvalue weighted by molar-refractivity contribution is 5.66. The lowest BCUT2D eigenvalue weighted by Gasteiger charge is -2.12. The lowest BCUT2D eigenvalue weighted by molar-refractivity contribution is -0.137. The van der Waals surface area contributed by atoms with Crippen LogP contribution < -0.4 is 0 Å². The second kappa shape index (κ2) is 8.23. The highest BCUT2D eigenvalue weighted by Crippen LogP contribution is 2.24. The maximum atomic E-state index is 10.5. The van der Waals surface area contributed by atoms with Crippen molar-refractivity contribution in [1.82, 2.24) is 0 Å². The monoisotopic (exact) mass is 275 g/mol. The number of carboxylic acid groups (broad SMARTS) is 1. The highest BCUT2D eigenvalue weighted by atomic mass is 16.4. The maximum absolute atomic E-state index is 10.5. The van der Waals surface area contributed by atoms with Gasteiger partial charge in [0.1, 0.15) is 0 Å². The van der Waals surface area contributed by atoms with Crippen molar-refractivity contribution in [2.75, 3.05) is 0 Å². The Balaban J connectivity index is 2.71. The van der Waals surface area contributed by atoms with Gasteiger partial charge in [-0.05, 0) is 41.8 Å². The zero-order chi connectivity index (χ0) is 15.0. The Morgan fingerprint density at radius 3 is 2.50 bits per heavy atom. The molecular weight excluding hydrogens is 254 g/mol. The quantitative estimate of drug-likeness (QED) is 0.430. The molecule has 0 saturated heterocycles. The fraction of sp³-hybridized carbons (Fsp3) is 0.533. The minimum absolute atomic E-state index is 0.100. The van der Waals surface area contributed by atoms with E-state index < -0.39 is 5.97 Å². The summed E-state index contributed by atoms with van der Waals surface area (Å²) in [6, 6.07) is 7.75. The van der Waals surface area contributed by atoms with E-state index in [1.165, 1.54) is 5.56 Å². The van der Waals surface area contributed by atoms with Crippen molar-refractivity contribution in [1.29, 1.82) is 0 Å². The van der Waals surface area contributed by atoms with Gasteiger partial charge in [0.15, 0.2) is 0 Å². The second-order valence-corrected chi connectivity index (χ2v) is 5.35. The van der Waals surface area contributed by atoms with Gasteiger partial charge in [-0.1, -0.05) is 43.2 Å². The van der Waals surface area contributed by atoms with Crippen LogP contribution in [0.25, 0.3) is 10.4 Å². The molecule has 1 atom stereocenters. The molecule has 0 amide bonds. The van der Waals surface area contributed by atoms with E-state index in [0.29, 0.717) is 18.8 Å². The van der Waals surface area contributed by atoms with Gasteiger partial charge in [0.25, 0.3) is 0 Å². The second-order valence-electron chi connectivity index (χ2n) is 5.35. The Bertz CT molecular complexity index is 476. The van der Waals surface area contributed by atoms with E-state index in [1.54, 1.807) is 0 Å². The summed E-state index contributed by atoms with van der Waals surface area (Å²) in [4.78, 5) is 13.4. The third-order valence-electron chi connectivity index (χ3n) is 3.07. The van der Waals surface area contributed by atoms with E-state index in [1.807, 2.05) is 24.3 Å². The molecule has 0 heterocycles. The number of hydrogen-bond acceptors (Lipinski definition) is 2. The molecule has 1 aromatic carbocycles. The molecule has 0 saturated carbocycles. The predicted octanol–water partition coefficient (Wildman–Crippen LogP) is 4.49. The van der Waals surface area contributed by atoms with Crippen LogP contribution in [-0.4, -0.2) is 11.1 Å². The molecule has 1 rings (SSSR count). The molecule has 0 aliphatic heterocycles. The predicted molar refractivity (Wildman–Crippen MR) is 78.4 cm³/mol. The van der Waals surface area contributed by atoms with Crippen molar-refractivity contribution in [3.8, 4) is 0 Å². The van der Waals surface area contributed by atoms with Crippen LogP contribution in [0, 0.1) is 5.92 Å². The summed E-state index contributed by atoms with van der Waals surface area (Å²) in [6.07, 6.45) is 2.18. The van der Waals surface area contributed by atoms with Gasteiger partial charge in [-0.25, -0.2) is 0 Å². The lowest BCUT2D eigenvalue weighted by Crippen LogP contribution is -2.00. The zero-order valence-corrected chi connectivity index (χ0v) is 12.0. The van der Waals surface area contributed by atoms with Crippen LogP contribution in [-0.2, 0) is 11.2 Å². The average molecular weight is 275 g/mol. The Morgan fingerprint density at radius 1 is 1.35 bits per heavy atom. The number of hydrogen-bond donors (Lipinski definition) is 1.